The highest BCUT2D eigenvalue weighted by molar-refractivity contribution is 7.98. The minimum atomic E-state index is -1.08. The van der Waals surface area contributed by atoms with Gasteiger partial charge < -0.3 is 19.6 Å². The minimum absolute atomic E-state index is 0.183. The van der Waals surface area contributed by atoms with E-state index in [1.165, 1.54) is 29.4 Å². The summed E-state index contributed by atoms with van der Waals surface area (Å²) in [5, 5.41) is 14.6. The molecule has 2 heterocycles. The Morgan fingerprint density at radius 3 is 2.78 bits per heavy atom. The largest absolute Gasteiger partial charge is 0.483 e. The predicted octanol–water partition coefficient (Wildman–Crippen LogP) is 3.49. The number of nitrogens with zero attached hydrogens (tertiary/aromatic N) is 1. The monoisotopic (exact) mass is 476 g/mol. The molecule has 0 aliphatic heterocycles. The molecule has 0 saturated heterocycles. The number of carboxylic acids is 1. The number of amides is 1. The summed E-state index contributed by atoms with van der Waals surface area (Å²) in [7, 11) is 0. The van der Waals surface area contributed by atoms with Gasteiger partial charge in [-0.15, -0.1) is 11.3 Å². The third kappa shape index (κ3) is 5.49. The number of nitrogens with one attached hydrogen (secondary N) is 1. The van der Waals surface area contributed by atoms with Gasteiger partial charge in [0.25, 0.3) is 5.91 Å². The third-order valence-corrected chi connectivity index (χ3v) is 6.43. The van der Waals surface area contributed by atoms with E-state index in [0.29, 0.717) is 45.9 Å². The molecule has 3 rings (SSSR count). The van der Waals surface area contributed by atoms with Gasteiger partial charge in [-0.3, -0.25) is 9.59 Å². The number of fused-ring (bicyclic) bond motifs is 1. The van der Waals surface area contributed by atoms with Gasteiger partial charge in [0.05, 0.1) is 10.9 Å². The molecule has 0 saturated carbocycles. The molecular formula is C22H24N2O6S2. The van der Waals surface area contributed by atoms with Crippen LogP contribution >= 0.6 is 23.1 Å². The standard InChI is InChI=1S/C22H24N2O6S2/c1-4-13-7-14-18(29-9-15(20(14)26)21-23-12(2)11-32-21)8-17(13)30-10-19(25)24-16(22(27)28)5-6-31-3/h7-9,11,16H,4-6,10H2,1-3H3,(H,24,25)(H,27,28). The fourth-order valence-electron chi connectivity index (χ4n) is 3.11. The van der Waals surface area contributed by atoms with Crippen LogP contribution in [0.3, 0.4) is 0 Å². The molecule has 0 bridgehead atoms. The van der Waals surface area contributed by atoms with Crippen LogP contribution in [0.15, 0.2) is 33.0 Å². The molecular weight excluding hydrogens is 452 g/mol. The van der Waals surface area contributed by atoms with Crippen LogP contribution in [0.4, 0.5) is 0 Å². The van der Waals surface area contributed by atoms with Crippen LogP contribution in [0.2, 0.25) is 0 Å². The predicted molar refractivity (Wildman–Crippen MR) is 126 cm³/mol. The van der Waals surface area contributed by atoms with Crippen LogP contribution in [0.25, 0.3) is 21.5 Å². The number of ether oxygens (including phenoxy) is 1. The number of hydrogen-bond acceptors (Lipinski definition) is 8. The molecule has 8 nitrogen and oxygen atoms in total. The van der Waals surface area contributed by atoms with Crippen molar-refractivity contribution in [3.63, 3.8) is 0 Å². The van der Waals surface area contributed by atoms with Crippen molar-refractivity contribution < 1.29 is 23.8 Å². The first kappa shape index (κ1) is 23.8. The Bertz CT molecular complexity index is 1190. The zero-order valence-corrected chi connectivity index (χ0v) is 19.6. The number of aryl methyl sites for hydroxylation is 2. The lowest BCUT2D eigenvalue weighted by Gasteiger charge is -2.15. The maximum Gasteiger partial charge on any atom is 0.326 e. The average molecular weight is 477 g/mol. The van der Waals surface area contributed by atoms with Crippen LogP contribution in [-0.2, 0) is 16.0 Å². The van der Waals surface area contributed by atoms with Crippen molar-refractivity contribution in [2.75, 3.05) is 18.6 Å². The minimum Gasteiger partial charge on any atom is -0.483 e. The highest BCUT2D eigenvalue weighted by atomic mass is 32.2. The molecule has 1 amide bonds. The van der Waals surface area contributed by atoms with Crippen molar-refractivity contribution in [3.05, 3.63) is 45.3 Å². The van der Waals surface area contributed by atoms with E-state index in [1.807, 2.05) is 25.5 Å². The van der Waals surface area contributed by atoms with Crippen molar-refractivity contribution in [1.82, 2.24) is 10.3 Å². The molecule has 0 spiro atoms. The first-order chi connectivity index (χ1) is 15.3. The lowest BCUT2D eigenvalue weighted by molar-refractivity contribution is -0.142. The summed E-state index contributed by atoms with van der Waals surface area (Å²) in [5.41, 5.74) is 2.12. The Kier molecular flexibility index (Phi) is 7.92. The van der Waals surface area contributed by atoms with Crippen LogP contribution < -0.4 is 15.5 Å². The molecule has 1 unspecified atom stereocenters. The summed E-state index contributed by atoms with van der Waals surface area (Å²) >= 11 is 2.89. The van der Waals surface area contributed by atoms with Crippen LogP contribution in [0.5, 0.6) is 5.75 Å². The Hall–Kier alpha value is -2.85. The molecule has 32 heavy (non-hydrogen) atoms. The molecule has 2 aromatic heterocycles. The molecule has 2 N–H and O–H groups in total. The number of aliphatic carboxylic acids is 1. The Balaban J connectivity index is 1.81. The van der Waals surface area contributed by atoms with Gasteiger partial charge in [0, 0.05) is 17.1 Å². The molecule has 0 aliphatic carbocycles. The van der Waals surface area contributed by atoms with Gasteiger partial charge in [-0.05, 0) is 43.4 Å². The first-order valence-corrected chi connectivity index (χ1v) is 12.3. The highest BCUT2D eigenvalue weighted by Crippen LogP contribution is 2.28. The topological polar surface area (TPSA) is 119 Å². The van der Waals surface area contributed by atoms with Crippen molar-refractivity contribution in [1.29, 1.82) is 0 Å². The van der Waals surface area contributed by atoms with E-state index < -0.39 is 17.9 Å². The summed E-state index contributed by atoms with van der Waals surface area (Å²) in [4.78, 5) is 40.9. The van der Waals surface area contributed by atoms with E-state index in [9.17, 15) is 19.5 Å². The van der Waals surface area contributed by atoms with Gasteiger partial charge >= 0.3 is 5.97 Å². The van der Waals surface area contributed by atoms with Gasteiger partial charge in [-0.1, -0.05) is 6.92 Å². The molecule has 10 heteroatoms. The highest BCUT2D eigenvalue weighted by Gasteiger charge is 2.20. The van der Waals surface area contributed by atoms with Gasteiger partial charge in [0.15, 0.2) is 6.61 Å². The van der Waals surface area contributed by atoms with Gasteiger partial charge in [0.2, 0.25) is 5.43 Å². The second-order valence-electron chi connectivity index (χ2n) is 7.11. The number of hydrogen-bond donors (Lipinski definition) is 2. The van der Waals surface area contributed by atoms with E-state index in [2.05, 4.69) is 10.3 Å². The zero-order valence-electron chi connectivity index (χ0n) is 18.0. The van der Waals surface area contributed by atoms with E-state index in [0.717, 1.165) is 11.3 Å². The molecule has 170 valence electrons. The lowest BCUT2D eigenvalue weighted by atomic mass is 10.1. The van der Waals surface area contributed by atoms with Crippen LogP contribution in [0, 0.1) is 6.92 Å². The maximum atomic E-state index is 13.0. The molecule has 1 atom stereocenters. The number of thioether (sulfide) groups is 1. The number of carboxylic acid groups (broad SMARTS) is 1. The Morgan fingerprint density at radius 2 is 2.16 bits per heavy atom. The Morgan fingerprint density at radius 1 is 1.38 bits per heavy atom. The number of carbonyl (C=O) groups excluding carboxylic acids is 1. The van der Waals surface area contributed by atoms with E-state index in [4.69, 9.17) is 9.15 Å². The van der Waals surface area contributed by atoms with Crippen molar-refractivity contribution in [2.45, 2.75) is 32.7 Å². The van der Waals surface area contributed by atoms with Crippen LogP contribution in [-0.4, -0.2) is 46.6 Å². The molecule has 0 aliphatic rings. The van der Waals surface area contributed by atoms with Crippen molar-refractivity contribution >= 4 is 45.9 Å². The molecule has 0 radical (unpaired) electrons. The summed E-state index contributed by atoms with van der Waals surface area (Å²) in [6.45, 7) is 3.42. The lowest BCUT2D eigenvalue weighted by Crippen LogP contribution is -2.43. The van der Waals surface area contributed by atoms with E-state index in [-0.39, 0.29) is 12.0 Å². The smallest absolute Gasteiger partial charge is 0.326 e. The second-order valence-corrected chi connectivity index (χ2v) is 8.95. The normalized spacial score (nSPS) is 12.0. The van der Waals surface area contributed by atoms with Gasteiger partial charge in [-0.25, -0.2) is 9.78 Å². The quantitative estimate of drug-likeness (QED) is 0.456. The first-order valence-electron chi connectivity index (χ1n) is 9.98. The summed E-state index contributed by atoms with van der Waals surface area (Å²) in [5.74, 6) is -0.589. The fraction of sp³-hybridized carbons (Fsp3) is 0.364. The van der Waals surface area contributed by atoms with Gasteiger partial charge in [-0.2, -0.15) is 11.8 Å². The number of benzene rings is 1. The fourth-order valence-corrected chi connectivity index (χ4v) is 4.38. The number of aromatic nitrogens is 1. The SMILES string of the molecule is CCc1cc2c(=O)c(-c3nc(C)cs3)coc2cc1OCC(=O)NC(CCSC)C(=O)O. The van der Waals surface area contributed by atoms with Crippen molar-refractivity contribution in [3.8, 4) is 16.3 Å². The Labute approximate surface area is 193 Å². The summed E-state index contributed by atoms with van der Waals surface area (Å²) in [6.07, 6.45) is 4.15. The van der Waals surface area contributed by atoms with E-state index >= 15 is 0 Å². The number of rotatable bonds is 10. The van der Waals surface area contributed by atoms with Gasteiger partial charge in [0.1, 0.15) is 28.6 Å². The molecule has 3 aromatic rings. The maximum absolute atomic E-state index is 13.0. The average Bonchev–Trinajstić information content (AvgIpc) is 3.20. The second kappa shape index (κ2) is 10.6. The van der Waals surface area contributed by atoms with Crippen molar-refractivity contribution in [2.24, 2.45) is 0 Å². The summed E-state index contributed by atoms with van der Waals surface area (Å²) in [6, 6.07) is 2.32. The zero-order chi connectivity index (χ0) is 23.3. The van der Waals surface area contributed by atoms with E-state index in [1.54, 1.807) is 12.1 Å². The van der Waals surface area contributed by atoms with Crippen LogP contribution in [0.1, 0.15) is 24.6 Å². The third-order valence-electron chi connectivity index (χ3n) is 4.79. The number of carbonyl (C=O) groups is 2. The summed E-state index contributed by atoms with van der Waals surface area (Å²) < 4.78 is 11.3. The number of thiazole rings is 1. The molecule has 1 aromatic carbocycles. The molecule has 0 fully saturated rings.